The van der Waals surface area contributed by atoms with Gasteiger partial charge in [0.25, 0.3) is 0 Å². The maximum atomic E-state index is 13.0. The normalized spacial score (nSPS) is 11.4. The number of aromatic nitrogens is 3. The van der Waals surface area contributed by atoms with Crippen LogP contribution in [0.1, 0.15) is 17.0 Å². The Kier molecular flexibility index (Phi) is 5.53. The number of nitrogens with zero attached hydrogens (tertiary/aromatic N) is 3. The Morgan fingerprint density at radius 2 is 1.80 bits per heavy atom. The molecule has 0 atom stereocenters. The predicted molar refractivity (Wildman–Crippen MR) is 109 cm³/mol. The summed E-state index contributed by atoms with van der Waals surface area (Å²) in [7, 11) is -3.70. The smallest absolute Gasteiger partial charge is 0.236 e. The molecule has 1 N–H and O–H groups in total. The quantitative estimate of drug-likeness (QED) is 0.485. The molecule has 0 amide bonds. The molecule has 0 saturated heterocycles. The summed E-state index contributed by atoms with van der Waals surface area (Å²) < 4.78 is 46.1. The fourth-order valence-corrected chi connectivity index (χ4v) is 4.12. The highest BCUT2D eigenvalue weighted by Gasteiger charge is 2.16. The van der Waals surface area contributed by atoms with Crippen molar-refractivity contribution in [1.82, 2.24) is 15.1 Å². The number of sulfonamides is 1. The Bertz CT molecular complexity index is 1240. The van der Waals surface area contributed by atoms with E-state index < -0.39 is 15.8 Å². The molecular formula is C21H17FN4O3S. The number of nitrogens with one attached hydrogen (secondary N) is 1. The Hall–Kier alpha value is -3.59. The van der Waals surface area contributed by atoms with Gasteiger partial charge in [-0.15, -0.1) is 0 Å². The zero-order valence-corrected chi connectivity index (χ0v) is 16.5. The number of hydrogen-bond donors (Lipinski definition) is 1. The van der Waals surface area contributed by atoms with E-state index in [1.165, 1.54) is 24.3 Å². The van der Waals surface area contributed by atoms with Crippen LogP contribution in [0.4, 0.5) is 10.1 Å². The van der Waals surface area contributed by atoms with E-state index in [0.717, 1.165) is 5.56 Å². The van der Waals surface area contributed by atoms with E-state index in [-0.39, 0.29) is 12.2 Å². The van der Waals surface area contributed by atoms with E-state index in [1.807, 2.05) is 6.07 Å². The third-order valence-electron chi connectivity index (χ3n) is 4.28. The molecule has 2 heterocycles. The van der Waals surface area contributed by atoms with Crippen molar-refractivity contribution in [2.45, 2.75) is 12.2 Å². The molecule has 4 rings (SSSR count). The number of hydrogen-bond acceptors (Lipinski definition) is 6. The first-order chi connectivity index (χ1) is 14.5. The Morgan fingerprint density at radius 3 is 2.57 bits per heavy atom. The van der Waals surface area contributed by atoms with Crippen molar-refractivity contribution in [3.05, 3.63) is 95.9 Å². The van der Waals surface area contributed by atoms with Gasteiger partial charge in [-0.2, -0.15) is 4.98 Å². The summed E-state index contributed by atoms with van der Waals surface area (Å²) in [6.45, 7) is 0. The lowest BCUT2D eigenvalue weighted by atomic mass is 10.1. The Morgan fingerprint density at radius 1 is 1.00 bits per heavy atom. The van der Waals surface area contributed by atoms with Crippen LogP contribution in [0.2, 0.25) is 0 Å². The summed E-state index contributed by atoms with van der Waals surface area (Å²) in [6, 6.07) is 15.9. The van der Waals surface area contributed by atoms with Crippen LogP contribution in [0.3, 0.4) is 0 Å². The second kappa shape index (κ2) is 8.42. The molecular weight excluding hydrogens is 407 g/mol. The summed E-state index contributed by atoms with van der Waals surface area (Å²) in [5.74, 6) is 0.0685. The van der Waals surface area contributed by atoms with E-state index in [2.05, 4.69) is 19.8 Å². The van der Waals surface area contributed by atoms with Crippen molar-refractivity contribution in [3.63, 3.8) is 0 Å². The lowest BCUT2D eigenvalue weighted by molar-refractivity contribution is 0.386. The zero-order valence-electron chi connectivity index (χ0n) is 15.7. The van der Waals surface area contributed by atoms with Crippen molar-refractivity contribution in [2.75, 3.05) is 4.72 Å². The number of anilines is 1. The molecule has 0 aliphatic rings. The van der Waals surface area contributed by atoms with Gasteiger partial charge in [0.1, 0.15) is 5.82 Å². The molecule has 152 valence electrons. The number of halogens is 1. The highest BCUT2D eigenvalue weighted by atomic mass is 32.2. The number of para-hydroxylation sites is 1. The topological polar surface area (TPSA) is 98.0 Å². The van der Waals surface area contributed by atoms with Crippen LogP contribution in [-0.4, -0.2) is 23.5 Å². The SMILES string of the molecule is O=S(=O)(Cc1ccc(F)cc1)Nc1ccccc1Cc1nc(-c2cccnc2)no1. The second-order valence-corrected chi connectivity index (χ2v) is 8.30. The van der Waals surface area contributed by atoms with Gasteiger partial charge in [-0.25, -0.2) is 12.8 Å². The first-order valence-electron chi connectivity index (χ1n) is 9.04. The van der Waals surface area contributed by atoms with Gasteiger partial charge in [0.2, 0.25) is 21.7 Å². The molecule has 2 aromatic carbocycles. The molecule has 0 aliphatic carbocycles. The molecule has 0 saturated carbocycles. The van der Waals surface area contributed by atoms with Crippen LogP contribution in [0.5, 0.6) is 0 Å². The molecule has 9 heteroatoms. The van der Waals surface area contributed by atoms with E-state index in [4.69, 9.17) is 4.52 Å². The number of rotatable bonds is 7. The van der Waals surface area contributed by atoms with Crippen molar-refractivity contribution >= 4 is 15.7 Å². The monoisotopic (exact) mass is 424 g/mol. The maximum Gasteiger partial charge on any atom is 0.236 e. The van der Waals surface area contributed by atoms with Crippen LogP contribution in [0, 0.1) is 5.82 Å². The first kappa shape index (κ1) is 19.7. The van der Waals surface area contributed by atoms with Gasteiger partial charge in [-0.1, -0.05) is 35.5 Å². The van der Waals surface area contributed by atoms with Crippen molar-refractivity contribution in [3.8, 4) is 11.4 Å². The van der Waals surface area contributed by atoms with E-state index in [0.29, 0.717) is 28.5 Å². The highest BCUT2D eigenvalue weighted by Crippen LogP contribution is 2.22. The highest BCUT2D eigenvalue weighted by molar-refractivity contribution is 7.91. The zero-order chi connectivity index (χ0) is 21.0. The minimum atomic E-state index is -3.70. The summed E-state index contributed by atoms with van der Waals surface area (Å²) in [4.78, 5) is 8.39. The third kappa shape index (κ3) is 4.87. The summed E-state index contributed by atoms with van der Waals surface area (Å²) >= 11 is 0. The van der Waals surface area contributed by atoms with Crippen molar-refractivity contribution < 1.29 is 17.3 Å². The molecule has 0 spiro atoms. The fraction of sp³-hybridized carbons (Fsp3) is 0.0952. The molecule has 7 nitrogen and oxygen atoms in total. The lowest BCUT2D eigenvalue weighted by Crippen LogP contribution is -2.16. The average molecular weight is 424 g/mol. The van der Waals surface area contributed by atoms with Crippen LogP contribution in [0.25, 0.3) is 11.4 Å². The fourth-order valence-electron chi connectivity index (χ4n) is 2.88. The second-order valence-electron chi connectivity index (χ2n) is 6.57. The lowest BCUT2D eigenvalue weighted by Gasteiger charge is -2.11. The van der Waals surface area contributed by atoms with Gasteiger partial charge in [0.05, 0.1) is 17.9 Å². The standard InChI is InChI=1S/C21H17FN4O3S/c22-18-9-7-15(8-10-18)14-30(27,28)26-19-6-2-1-4-16(19)12-20-24-21(25-29-20)17-5-3-11-23-13-17/h1-11,13,26H,12,14H2. The molecule has 2 aromatic heterocycles. The summed E-state index contributed by atoms with van der Waals surface area (Å²) in [6.07, 6.45) is 3.54. The average Bonchev–Trinajstić information content (AvgIpc) is 3.20. The van der Waals surface area contributed by atoms with Crippen LogP contribution in [0.15, 0.2) is 77.6 Å². The molecule has 0 bridgehead atoms. The van der Waals surface area contributed by atoms with E-state index in [9.17, 15) is 12.8 Å². The molecule has 0 fully saturated rings. The van der Waals surface area contributed by atoms with E-state index >= 15 is 0 Å². The van der Waals surface area contributed by atoms with Gasteiger partial charge in [0, 0.05) is 18.0 Å². The van der Waals surface area contributed by atoms with Crippen LogP contribution >= 0.6 is 0 Å². The molecule has 30 heavy (non-hydrogen) atoms. The van der Waals surface area contributed by atoms with Gasteiger partial charge in [0.15, 0.2) is 0 Å². The van der Waals surface area contributed by atoms with Crippen molar-refractivity contribution in [1.29, 1.82) is 0 Å². The van der Waals surface area contributed by atoms with Crippen LogP contribution in [-0.2, 0) is 22.2 Å². The van der Waals surface area contributed by atoms with Crippen LogP contribution < -0.4 is 4.72 Å². The Balaban J connectivity index is 1.51. The first-order valence-corrected chi connectivity index (χ1v) is 10.7. The molecule has 0 radical (unpaired) electrons. The molecule has 0 unspecified atom stereocenters. The minimum absolute atomic E-state index is 0.252. The molecule has 0 aliphatic heterocycles. The summed E-state index contributed by atoms with van der Waals surface area (Å²) in [5.41, 5.74) is 2.31. The minimum Gasteiger partial charge on any atom is -0.339 e. The van der Waals surface area contributed by atoms with Crippen molar-refractivity contribution in [2.24, 2.45) is 0 Å². The maximum absolute atomic E-state index is 13.0. The van der Waals surface area contributed by atoms with Gasteiger partial charge in [-0.3, -0.25) is 9.71 Å². The van der Waals surface area contributed by atoms with Gasteiger partial charge < -0.3 is 4.52 Å². The number of benzene rings is 2. The summed E-state index contributed by atoms with van der Waals surface area (Å²) in [5, 5.41) is 3.95. The van der Waals surface area contributed by atoms with Gasteiger partial charge >= 0.3 is 0 Å². The predicted octanol–water partition coefficient (Wildman–Crippen LogP) is 3.80. The molecule has 4 aromatic rings. The Labute approximate surface area is 172 Å². The largest absolute Gasteiger partial charge is 0.339 e. The van der Waals surface area contributed by atoms with E-state index in [1.54, 1.807) is 42.7 Å². The van der Waals surface area contributed by atoms with Gasteiger partial charge in [-0.05, 0) is 41.5 Å². The number of pyridine rings is 1. The third-order valence-corrected chi connectivity index (χ3v) is 5.53.